The zero-order chi connectivity index (χ0) is 16.7. The predicted octanol–water partition coefficient (Wildman–Crippen LogP) is 3.75. The second-order valence-corrected chi connectivity index (χ2v) is 4.93. The van der Waals surface area contributed by atoms with Gasteiger partial charge in [0.25, 0.3) is 0 Å². The third-order valence-corrected chi connectivity index (χ3v) is 3.20. The summed E-state index contributed by atoms with van der Waals surface area (Å²) in [5.41, 5.74) is 2.12. The van der Waals surface area contributed by atoms with Crippen LogP contribution in [0.4, 0.5) is 21.0 Å². The predicted molar refractivity (Wildman–Crippen MR) is 89.5 cm³/mol. The first-order chi connectivity index (χ1) is 11.1. The van der Waals surface area contributed by atoms with Gasteiger partial charge in [-0.3, -0.25) is 5.32 Å². The third kappa shape index (κ3) is 5.03. The highest BCUT2D eigenvalue weighted by molar-refractivity contribution is 5.91. The van der Waals surface area contributed by atoms with Gasteiger partial charge in [-0.25, -0.2) is 9.59 Å². The molecule has 23 heavy (non-hydrogen) atoms. The molecule has 2 aromatic rings. The summed E-state index contributed by atoms with van der Waals surface area (Å²) in [6, 6.07) is 16.0. The molecule has 0 heterocycles. The Morgan fingerprint density at radius 2 is 1.61 bits per heavy atom. The summed E-state index contributed by atoms with van der Waals surface area (Å²) >= 11 is 0. The molecule has 120 valence electrons. The van der Waals surface area contributed by atoms with Gasteiger partial charge < -0.3 is 15.4 Å². The lowest BCUT2D eigenvalue weighted by atomic mass is 10.1. The molecule has 0 saturated carbocycles. The first-order valence-electron chi connectivity index (χ1n) is 7.16. The number of hydrogen-bond donors (Lipinski definition) is 3. The van der Waals surface area contributed by atoms with Crippen molar-refractivity contribution in [2.75, 3.05) is 17.7 Å². The van der Waals surface area contributed by atoms with Crippen molar-refractivity contribution >= 4 is 23.5 Å². The number of carbonyl (C=O) groups is 2. The van der Waals surface area contributed by atoms with E-state index in [1.807, 2.05) is 37.3 Å². The Kier molecular flexibility index (Phi) is 5.57. The summed E-state index contributed by atoms with van der Waals surface area (Å²) in [4.78, 5) is 23.2. The average Bonchev–Trinajstić information content (AvgIpc) is 2.55. The van der Waals surface area contributed by atoms with E-state index in [9.17, 15) is 9.59 Å². The summed E-state index contributed by atoms with van der Waals surface area (Å²) in [5.74, 6) is 0. The lowest BCUT2D eigenvalue weighted by molar-refractivity contribution is 0.187. The van der Waals surface area contributed by atoms with Gasteiger partial charge in [-0.1, -0.05) is 36.4 Å². The van der Waals surface area contributed by atoms with Crippen LogP contribution in [0, 0.1) is 0 Å². The second kappa shape index (κ2) is 7.84. The number of carbonyl (C=O) groups excluding carboxylic acids is 2. The Labute approximate surface area is 134 Å². The van der Waals surface area contributed by atoms with E-state index in [-0.39, 0.29) is 12.1 Å². The standard InChI is InChI=1S/C17H19N3O3/c1-12(13-7-4-3-5-8-13)18-16(21)19-14-9-6-10-15(11-14)20-17(22)23-2/h3-12H,1-2H3,(H,20,22)(H2,18,19,21)/t12-/m0/s1. The molecule has 0 fully saturated rings. The normalized spacial score (nSPS) is 11.2. The fraction of sp³-hybridized carbons (Fsp3) is 0.176. The van der Waals surface area contributed by atoms with Crippen molar-refractivity contribution in [3.05, 3.63) is 60.2 Å². The number of urea groups is 1. The van der Waals surface area contributed by atoms with Crippen molar-refractivity contribution in [1.82, 2.24) is 5.32 Å². The van der Waals surface area contributed by atoms with Crippen LogP contribution in [-0.2, 0) is 4.74 Å². The third-order valence-electron chi connectivity index (χ3n) is 3.20. The number of rotatable bonds is 4. The summed E-state index contributed by atoms with van der Waals surface area (Å²) in [6.45, 7) is 1.91. The van der Waals surface area contributed by atoms with E-state index in [4.69, 9.17) is 0 Å². The molecule has 1 atom stereocenters. The van der Waals surface area contributed by atoms with Crippen molar-refractivity contribution < 1.29 is 14.3 Å². The quantitative estimate of drug-likeness (QED) is 0.804. The molecule has 2 rings (SSSR count). The largest absolute Gasteiger partial charge is 0.453 e. The second-order valence-electron chi connectivity index (χ2n) is 4.93. The number of benzene rings is 2. The number of methoxy groups -OCH3 is 1. The number of nitrogens with one attached hydrogen (secondary N) is 3. The first kappa shape index (κ1) is 16.4. The van der Waals surface area contributed by atoms with E-state index >= 15 is 0 Å². The van der Waals surface area contributed by atoms with Gasteiger partial charge in [0.1, 0.15) is 0 Å². The van der Waals surface area contributed by atoms with Crippen LogP contribution in [0.3, 0.4) is 0 Å². The summed E-state index contributed by atoms with van der Waals surface area (Å²) < 4.78 is 4.53. The summed E-state index contributed by atoms with van der Waals surface area (Å²) in [6.07, 6.45) is -0.565. The zero-order valence-electron chi connectivity index (χ0n) is 13.0. The van der Waals surface area contributed by atoms with Crippen LogP contribution in [0.1, 0.15) is 18.5 Å². The lowest BCUT2D eigenvalue weighted by Crippen LogP contribution is -2.31. The molecule has 0 aliphatic carbocycles. The molecule has 0 aliphatic rings. The van der Waals surface area contributed by atoms with E-state index in [0.717, 1.165) is 5.56 Å². The van der Waals surface area contributed by atoms with Crippen LogP contribution in [0.5, 0.6) is 0 Å². The van der Waals surface area contributed by atoms with Gasteiger partial charge in [0, 0.05) is 11.4 Å². The molecular formula is C17H19N3O3. The minimum Gasteiger partial charge on any atom is -0.453 e. The molecule has 0 unspecified atom stereocenters. The SMILES string of the molecule is COC(=O)Nc1cccc(NC(=O)N[C@@H](C)c2ccccc2)c1. The zero-order valence-corrected chi connectivity index (χ0v) is 13.0. The van der Waals surface area contributed by atoms with Crippen molar-refractivity contribution in [3.8, 4) is 0 Å². The van der Waals surface area contributed by atoms with Gasteiger partial charge >= 0.3 is 12.1 Å². The molecule has 0 radical (unpaired) electrons. The van der Waals surface area contributed by atoms with E-state index in [1.165, 1.54) is 7.11 Å². The maximum absolute atomic E-state index is 12.1. The molecule has 6 nitrogen and oxygen atoms in total. The van der Waals surface area contributed by atoms with Gasteiger partial charge in [-0.05, 0) is 30.7 Å². The van der Waals surface area contributed by atoms with Gasteiger partial charge in [0.05, 0.1) is 13.2 Å². The maximum atomic E-state index is 12.1. The molecule has 0 aliphatic heterocycles. The van der Waals surface area contributed by atoms with Crippen LogP contribution in [0.2, 0.25) is 0 Å². The molecule has 0 saturated heterocycles. The van der Waals surface area contributed by atoms with Crippen molar-refractivity contribution in [1.29, 1.82) is 0 Å². The van der Waals surface area contributed by atoms with Crippen LogP contribution in [0.15, 0.2) is 54.6 Å². The number of amides is 3. The minimum absolute atomic E-state index is 0.118. The monoisotopic (exact) mass is 313 g/mol. The van der Waals surface area contributed by atoms with Crippen molar-refractivity contribution in [3.63, 3.8) is 0 Å². The summed E-state index contributed by atoms with van der Waals surface area (Å²) in [5, 5.41) is 8.13. The van der Waals surface area contributed by atoms with Crippen LogP contribution < -0.4 is 16.0 Å². The molecule has 6 heteroatoms. The fourth-order valence-corrected chi connectivity index (χ4v) is 2.03. The molecular weight excluding hydrogens is 294 g/mol. The molecule has 2 aromatic carbocycles. The number of hydrogen-bond acceptors (Lipinski definition) is 3. The Balaban J connectivity index is 1.95. The maximum Gasteiger partial charge on any atom is 0.411 e. The van der Waals surface area contributed by atoms with E-state index < -0.39 is 6.09 Å². The van der Waals surface area contributed by atoms with Crippen molar-refractivity contribution in [2.24, 2.45) is 0 Å². The Morgan fingerprint density at radius 1 is 0.957 bits per heavy atom. The Hall–Kier alpha value is -3.02. The first-order valence-corrected chi connectivity index (χ1v) is 7.16. The highest BCUT2D eigenvalue weighted by Crippen LogP contribution is 2.16. The fourth-order valence-electron chi connectivity index (χ4n) is 2.03. The van der Waals surface area contributed by atoms with Gasteiger partial charge in [0.2, 0.25) is 0 Å². The number of anilines is 2. The highest BCUT2D eigenvalue weighted by Gasteiger charge is 2.09. The average molecular weight is 313 g/mol. The highest BCUT2D eigenvalue weighted by atomic mass is 16.5. The van der Waals surface area contributed by atoms with E-state index in [2.05, 4.69) is 20.7 Å². The topological polar surface area (TPSA) is 79.5 Å². The Morgan fingerprint density at radius 3 is 2.26 bits per heavy atom. The molecule has 3 amide bonds. The number of ether oxygens (including phenoxy) is 1. The van der Waals surface area contributed by atoms with Crippen LogP contribution >= 0.6 is 0 Å². The summed E-state index contributed by atoms with van der Waals surface area (Å²) in [7, 11) is 1.29. The van der Waals surface area contributed by atoms with Crippen molar-refractivity contribution in [2.45, 2.75) is 13.0 Å². The molecule has 3 N–H and O–H groups in total. The molecule has 0 spiro atoms. The van der Waals surface area contributed by atoms with Gasteiger partial charge in [-0.15, -0.1) is 0 Å². The molecule has 0 aromatic heterocycles. The van der Waals surface area contributed by atoms with Crippen LogP contribution in [0.25, 0.3) is 0 Å². The smallest absolute Gasteiger partial charge is 0.411 e. The molecule has 0 bridgehead atoms. The van der Waals surface area contributed by atoms with E-state index in [0.29, 0.717) is 11.4 Å². The lowest BCUT2D eigenvalue weighted by Gasteiger charge is -2.15. The van der Waals surface area contributed by atoms with E-state index in [1.54, 1.807) is 24.3 Å². The van der Waals surface area contributed by atoms with Crippen LogP contribution in [-0.4, -0.2) is 19.2 Å². The van der Waals surface area contributed by atoms with Gasteiger partial charge in [-0.2, -0.15) is 0 Å². The van der Waals surface area contributed by atoms with Gasteiger partial charge in [0.15, 0.2) is 0 Å². The minimum atomic E-state index is -0.565. The Bertz CT molecular complexity index is 674.